The Morgan fingerprint density at radius 1 is 1.25 bits per heavy atom. The molecule has 36 heavy (non-hydrogen) atoms. The van der Waals surface area contributed by atoms with E-state index < -0.39 is 17.3 Å². The molecule has 0 radical (unpaired) electrons. The molecule has 2 unspecified atom stereocenters. The van der Waals surface area contributed by atoms with E-state index in [0.29, 0.717) is 12.1 Å². The van der Waals surface area contributed by atoms with Gasteiger partial charge in [0.25, 0.3) is 0 Å². The maximum Gasteiger partial charge on any atom is 0.230 e. The Morgan fingerprint density at radius 2 is 2.06 bits per heavy atom. The molecule has 6 nitrogen and oxygen atoms in total. The van der Waals surface area contributed by atoms with Crippen molar-refractivity contribution in [1.82, 2.24) is 14.5 Å². The summed E-state index contributed by atoms with van der Waals surface area (Å²) in [6.45, 7) is 2.17. The molecule has 2 heterocycles. The average Bonchev–Trinajstić information content (AvgIpc) is 3.48. The number of rotatable bonds is 6. The molecule has 1 N–H and O–H groups in total. The second kappa shape index (κ2) is 9.87. The van der Waals surface area contributed by atoms with Crippen LogP contribution < -0.4 is 4.74 Å². The molecule has 2 aliphatic rings. The first-order valence-corrected chi connectivity index (χ1v) is 12.8. The van der Waals surface area contributed by atoms with E-state index in [1.54, 1.807) is 24.4 Å². The molecule has 3 atom stereocenters. The lowest BCUT2D eigenvalue weighted by molar-refractivity contribution is -0.151. The third-order valence-corrected chi connectivity index (χ3v) is 8.12. The van der Waals surface area contributed by atoms with E-state index in [0.717, 1.165) is 54.8 Å². The highest BCUT2D eigenvalue weighted by Crippen LogP contribution is 2.56. The summed E-state index contributed by atoms with van der Waals surface area (Å²) in [4.78, 5) is 20.2. The number of aliphatic hydroxyl groups excluding tert-OH is 1. The summed E-state index contributed by atoms with van der Waals surface area (Å²) in [5, 5.41) is 10.5. The van der Waals surface area contributed by atoms with Crippen molar-refractivity contribution in [2.45, 2.75) is 51.0 Å². The molecule has 1 amide bonds. The van der Waals surface area contributed by atoms with Gasteiger partial charge in [-0.2, -0.15) is 0 Å². The van der Waals surface area contributed by atoms with Gasteiger partial charge in [0.1, 0.15) is 11.6 Å². The molecule has 1 saturated carbocycles. The number of hydrogen-bond acceptors (Lipinski definition) is 4. The van der Waals surface area contributed by atoms with Crippen molar-refractivity contribution >= 4 is 17.5 Å². The van der Waals surface area contributed by atoms with Crippen molar-refractivity contribution in [2.75, 3.05) is 20.3 Å². The molecule has 5 rings (SSSR count). The summed E-state index contributed by atoms with van der Waals surface area (Å²) in [6, 6.07) is 9.75. The molecule has 190 valence electrons. The van der Waals surface area contributed by atoms with Gasteiger partial charge >= 0.3 is 0 Å². The zero-order valence-corrected chi connectivity index (χ0v) is 21.3. The zero-order valence-electron chi connectivity index (χ0n) is 20.6. The molecule has 8 heteroatoms. The van der Waals surface area contributed by atoms with E-state index in [2.05, 4.69) is 11.1 Å². The average molecular weight is 512 g/mol. The van der Waals surface area contributed by atoms with Gasteiger partial charge in [-0.1, -0.05) is 24.1 Å². The maximum atomic E-state index is 14.2. The minimum Gasteiger partial charge on any atom is -0.495 e. The summed E-state index contributed by atoms with van der Waals surface area (Å²) in [7, 11) is 1.65. The van der Waals surface area contributed by atoms with Crippen molar-refractivity contribution in [1.29, 1.82) is 0 Å². The topological polar surface area (TPSA) is 67.6 Å². The molecular formula is C28H31ClFN3O3. The number of ether oxygens (including phenoxy) is 1. The first-order valence-electron chi connectivity index (χ1n) is 12.4. The highest BCUT2D eigenvalue weighted by Gasteiger charge is 2.53. The van der Waals surface area contributed by atoms with E-state index in [1.807, 2.05) is 29.8 Å². The van der Waals surface area contributed by atoms with Gasteiger partial charge in [0.15, 0.2) is 0 Å². The lowest BCUT2D eigenvalue weighted by Gasteiger charge is -2.46. The van der Waals surface area contributed by atoms with Gasteiger partial charge in [0, 0.05) is 17.8 Å². The van der Waals surface area contributed by atoms with Crippen molar-refractivity contribution in [3.05, 3.63) is 76.6 Å². The molecule has 1 saturated heterocycles. The van der Waals surface area contributed by atoms with Gasteiger partial charge in [-0.05, 0) is 80.0 Å². The van der Waals surface area contributed by atoms with Crippen molar-refractivity contribution in [2.24, 2.45) is 5.41 Å². The first-order chi connectivity index (χ1) is 17.4. The van der Waals surface area contributed by atoms with Crippen LogP contribution in [0.4, 0.5) is 4.39 Å². The molecule has 1 spiro atoms. The standard InChI is InChI=1S/C28H31ClFN3O3/c1-18-15-32(17-31-18)24-7-6-19(13-26(24)36-2)23-5-3-8-28(23)9-4-10-33(27(28)35)25(16-34)20-11-21(29)14-22(30)12-20/h6-7,11-15,17,23,25,34H,3-5,8-10,16H2,1-2H3/t23?,25-,28?/m0/s1. The number of methoxy groups -OCH3 is 1. The van der Waals surface area contributed by atoms with Crippen LogP contribution in [0.2, 0.25) is 5.02 Å². The number of likely N-dealkylation sites (tertiary alicyclic amines) is 1. The number of nitrogens with zero attached hydrogens (tertiary/aromatic N) is 3. The summed E-state index contributed by atoms with van der Waals surface area (Å²) >= 11 is 6.09. The number of hydrogen-bond donors (Lipinski definition) is 1. The van der Waals surface area contributed by atoms with Crippen LogP contribution in [0.5, 0.6) is 5.75 Å². The fraction of sp³-hybridized carbons (Fsp3) is 0.429. The van der Waals surface area contributed by atoms with Gasteiger partial charge in [0.2, 0.25) is 5.91 Å². The van der Waals surface area contributed by atoms with E-state index in [1.165, 1.54) is 12.1 Å². The largest absolute Gasteiger partial charge is 0.495 e. The van der Waals surface area contributed by atoms with Gasteiger partial charge in [-0.25, -0.2) is 9.37 Å². The second-order valence-electron chi connectivity index (χ2n) is 9.96. The number of aryl methyl sites for hydroxylation is 1. The first kappa shape index (κ1) is 24.8. The summed E-state index contributed by atoms with van der Waals surface area (Å²) < 4.78 is 21.8. The van der Waals surface area contributed by atoms with Crippen LogP contribution in [-0.2, 0) is 4.79 Å². The number of benzene rings is 2. The van der Waals surface area contributed by atoms with Gasteiger partial charge in [-0.3, -0.25) is 4.79 Å². The number of aliphatic hydroxyl groups is 1. The normalized spacial score (nSPS) is 22.9. The Hall–Kier alpha value is -2.90. The van der Waals surface area contributed by atoms with E-state index in [9.17, 15) is 14.3 Å². The number of carbonyl (C=O) groups excluding carboxylic acids is 1. The van der Waals surface area contributed by atoms with Crippen LogP contribution in [-0.4, -0.2) is 45.7 Å². The second-order valence-corrected chi connectivity index (χ2v) is 10.4. The van der Waals surface area contributed by atoms with Crippen molar-refractivity contribution in [3.63, 3.8) is 0 Å². The lowest BCUT2D eigenvalue weighted by Crippen LogP contribution is -2.51. The number of amides is 1. The van der Waals surface area contributed by atoms with Crippen LogP contribution in [0.15, 0.2) is 48.9 Å². The Bertz CT molecular complexity index is 1260. The van der Waals surface area contributed by atoms with Crippen LogP contribution in [0, 0.1) is 18.2 Å². The minimum atomic E-state index is -0.634. The van der Waals surface area contributed by atoms with E-state index in [-0.39, 0.29) is 23.5 Å². The molecule has 2 aromatic carbocycles. The smallest absolute Gasteiger partial charge is 0.230 e. The van der Waals surface area contributed by atoms with Gasteiger partial charge in [-0.15, -0.1) is 0 Å². The summed E-state index contributed by atoms with van der Waals surface area (Å²) in [6.07, 6.45) is 7.97. The Labute approximate surface area is 215 Å². The zero-order chi connectivity index (χ0) is 25.4. The van der Waals surface area contributed by atoms with E-state index >= 15 is 0 Å². The van der Waals surface area contributed by atoms with Gasteiger partial charge in [0.05, 0.1) is 42.9 Å². The number of carbonyl (C=O) groups is 1. The third-order valence-electron chi connectivity index (χ3n) is 7.91. The molecule has 1 aromatic heterocycles. The fourth-order valence-corrected chi connectivity index (χ4v) is 6.53. The predicted octanol–water partition coefficient (Wildman–Crippen LogP) is 5.59. The molecule has 3 aromatic rings. The van der Waals surface area contributed by atoms with Crippen molar-refractivity contribution in [3.8, 4) is 11.4 Å². The minimum absolute atomic E-state index is 0.0314. The van der Waals surface area contributed by atoms with Gasteiger partial charge < -0.3 is 19.3 Å². The number of piperidine rings is 1. The van der Waals surface area contributed by atoms with Crippen LogP contribution in [0.3, 0.4) is 0 Å². The number of aromatic nitrogens is 2. The molecular weight excluding hydrogens is 481 g/mol. The van der Waals surface area contributed by atoms with Crippen LogP contribution in [0.25, 0.3) is 5.69 Å². The Balaban J connectivity index is 1.49. The summed E-state index contributed by atoms with van der Waals surface area (Å²) in [5.41, 5.74) is 2.86. The Kier molecular flexibility index (Phi) is 6.79. The molecule has 1 aliphatic carbocycles. The number of halogens is 2. The monoisotopic (exact) mass is 511 g/mol. The Morgan fingerprint density at radius 3 is 2.75 bits per heavy atom. The highest BCUT2D eigenvalue weighted by molar-refractivity contribution is 6.30. The SMILES string of the molecule is COc1cc(C2CCCC23CCCN([C@@H](CO)c2cc(F)cc(Cl)c2)C3=O)ccc1-n1cnc(C)c1. The molecule has 1 aliphatic heterocycles. The molecule has 2 fully saturated rings. The number of imidazole rings is 1. The lowest BCUT2D eigenvalue weighted by atomic mass is 9.68. The summed E-state index contributed by atoms with van der Waals surface area (Å²) in [5.74, 6) is 0.323. The maximum absolute atomic E-state index is 14.2. The van der Waals surface area contributed by atoms with Crippen LogP contribution in [0.1, 0.15) is 60.9 Å². The quantitative estimate of drug-likeness (QED) is 0.468. The third kappa shape index (κ3) is 4.28. The van der Waals surface area contributed by atoms with Crippen molar-refractivity contribution < 1.29 is 19.0 Å². The molecule has 0 bridgehead atoms. The van der Waals surface area contributed by atoms with E-state index in [4.69, 9.17) is 16.3 Å². The highest BCUT2D eigenvalue weighted by atomic mass is 35.5. The van der Waals surface area contributed by atoms with Crippen LogP contribution >= 0.6 is 11.6 Å². The predicted molar refractivity (Wildman–Crippen MR) is 136 cm³/mol. The fourth-order valence-electron chi connectivity index (χ4n) is 6.30.